The maximum Gasteiger partial charge on any atom is 0.235 e. The van der Waals surface area contributed by atoms with Crippen molar-refractivity contribution in [1.82, 2.24) is 18.9 Å². The van der Waals surface area contributed by atoms with Gasteiger partial charge in [0, 0.05) is 43.3 Å². The lowest BCUT2D eigenvalue weighted by Gasteiger charge is -2.14. The maximum atomic E-state index is 5.56. The molecule has 4 heteroatoms. The second-order valence-electron chi connectivity index (χ2n) is 13.4. The van der Waals surface area contributed by atoms with Gasteiger partial charge in [0.05, 0.1) is 38.8 Å². The number of fused-ring (bicyclic) bond motifs is 14. The topological polar surface area (TPSA) is 35.1 Å². The molecule has 0 unspecified atom stereocenters. The average Bonchev–Trinajstić information content (AvgIpc) is 3.81. The van der Waals surface area contributed by atoms with Gasteiger partial charge in [0.25, 0.3) is 0 Å². The predicted molar refractivity (Wildman–Crippen MR) is 209 cm³/mol. The molecule has 0 aliphatic carbocycles. The van der Waals surface area contributed by atoms with Crippen LogP contribution >= 0.6 is 0 Å². The van der Waals surface area contributed by atoms with Crippen LogP contribution in [-0.4, -0.2) is 18.9 Å². The third-order valence-corrected chi connectivity index (χ3v) is 10.8. The molecule has 0 radical (unpaired) electrons. The van der Waals surface area contributed by atoms with Crippen LogP contribution < -0.4 is 0 Å². The molecule has 4 heterocycles. The molecule has 0 saturated heterocycles. The van der Waals surface area contributed by atoms with Crippen LogP contribution in [0.25, 0.3) is 110 Å². The highest BCUT2D eigenvalue weighted by Crippen LogP contribution is 2.46. The lowest BCUT2D eigenvalue weighted by Crippen LogP contribution is -2.04. The van der Waals surface area contributed by atoms with E-state index in [1.807, 2.05) is 0 Å². The molecule has 0 fully saturated rings. The second kappa shape index (κ2) is 9.43. The van der Waals surface area contributed by atoms with Crippen molar-refractivity contribution in [2.24, 2.45) is 0 Å². The molecule has 0 N–H and O–H groups in total. The van der Waals surface area contributed by atoms with Gasteiger partial charge in [-0.25, -0.2) is 9.97 Å². The van der Waals surface area contributed by atoms with E-state index in [0.29, 0.717) is 5.95 Å². The van der Waals surface area contributed by atoms with Crippen LogP contribution in [0.4, 0.5) is 0 Å². The Morgan fingerprint density at radius 2 is 1.00 bits per heavy atom. The van der Waals surface area contributed by atoms with Crippen molar-refractivity contribution >= 4 is 92.3 Å². The highest BCUT2D eigenvalue weighted by molar-refractivity contribution is 6.35. The SMILES string of the molecule is c1ccc2cc(-c3nc(-n4c5ccccc5c5c6c7ccccc7n7c8ccccc8c(cc54)c67)nc4ccc5ccccc5c34)ccc2c1. The van der Waals surface area contributed by atoms with Gasteiger partial charge in [0.2, 0.25) is 5.95 Å². The van der Waals surface area contributed by atoms with Crippen molar-refractivity contribution in [3.8, 4) is 17.2 Å². The summed E-state index contributed by atoms with van der Waals surface area (Å²) in [7, 11) is 0. The fourth-order valence-electron chi connectivity index (χ4n) is 8.72. The molecule has 4 aromatic heterocycles. The van der Waals surface area contributed by atoms with E-state index < -0.39 is 0 Å². The summed E-state index contributed by atoms with van der Waals surface area (Å²) in [6.07, 6.45) is 0. The quantitative estimate of drug-likeness (QED) is 0.177. The Labute approximate surface area is 285 Å². The van der Waals surface area contributed by atoms with Crippen molar-refractivity contribution in [3.63, 3.8) is 0 Å². The minimum Gasteiger partial charge on any atom is -0.308 e. The third kappa shape index (κ3) is 3.30. The van der Waals surface area contributed by atoms with Crippen LogP contribution in [0.15, 0.2) is 158 Å². The Bertz CT molecular complexity index is 3380. The molecule has 4 nitrogen and oxygen atoms in total. The number of hydrogen-bond donors (Lipinski definition) is 0. The van der Waals surface area contributed by atoms with E-state index in [9.17, 15) is 0 Å². The van der Waals surface area contributed by atoms with E-state index in [1.54, 1.807) is 0 Å². The summed E-state index contributed by atoms with van der Waals surface area (Å²) < 4.78 is 4.75. The molecule has 0 atom stereocenters. The highest BCUT2D eigenvalue weighted by atomic mass is 15.2. The van der Waals surface area contributed by atoms with E-state index >= 15 is 0 Å². The Kier molecular flexibility index (Phi) is 4.94. The molecule has 0 aliphatic heterocycles. The Balaban J connectivity index is 1.28. The van der Waals surface area contributed by atoms with E-state index in [-0.39, 0.29) is 0 Å². The van der Waals surface area contributed by atoms with E-state index in [1.165, 1.54) is 65.0 Å². The molecule has 12 aromatic rings. The van der Waals surface area contributed by atoms with Gasteiger partial charge in [-0.2, -0.15) is 0 Å². The first kappa shape index (κ1) is 26.2. The van der Waals surface area contributed by atoms with E-state index in [4.69, 9.17) is 9.97 Å². The van der Waals surface area contributed by atoms with E-state index in [0.717, 1.165) is 38.6 Å². The summed E-state index contributed by atoms with van der Waals surface area (Å²) >= 11 is 0. The molecule has 0 bridgehead atoms. The standard InChI is InChI=1S/C46H26N4/c1-2-13-29-25-30(22-21-27(29)11-1)44-41-31-14-4-3-12-28(31)23-24-36(41)47-46(48-44)50-39-20-10-6-16-33(39)42-40(50)26-35-32-15-5-8-18-37(32)49-38-19-9-7-17-34(38)43(42)45(35)49/h1-26H. The number of para-hydroxylation sites is 3. The smallest absolute Gasteiger partial charge is 0.235 e. The fraction of sp³-hybridized carbons (Fsp3) is 0. The molecule has 8 aromatic carbocycles. The fourth-order valence-corrected chi connectivity index (χ4v) is 8.72. The molecular formula is C46H26N4. The van der Waals surface area contributed by atoms with Gasteiger partial charge in [-0.1, -0.05) is 121 Å². The Morgan fingerprint density at radius 3 is 1.82 bits per heavy atom. The summed E-state index contributed by atoms with van der Waals surface area (Å²) in [5.41, 5.74) is 8.86. The van der Waals surface area contributed by atoms with Crippen molar-refractivity contribution in [2.75, 3.05) is 0 Å². The van der Waals surface area contributed by atoms with Crippen LogP contribution in [0.5, 0.6) is 0 Å². The van der Waals surface area contributed by atoms with Crippen molar-refractivity contribution in [2.45, 2.75) is 0 Å². The number of nitrogens with zero attached hydrogens (tertiary/aromatic N) is 4. The summed E-state index contributed by atoms with van der Waals surface area (Å²) in [5.74, 6) is 0.670. The number of hydrogen-bond acceptors (Lipinski definition) is 2. The number of rotatable bonds is 2. The van der Waals surface area contributed by atoms with Crippen LogP contribution in [0.3, 0.4) is 0 Å². The molecular weight excluding hydrogens is 609 g/mol. The lowest BCUT2D eigenvalue weighted by atomic mass is 9.98. The molecule has 50 heavy (non-hydrogen) atoms. The maximum absolute atomic E-state index is 5.56. The van der Waals surface area contributed by atoms with E-state index in [2.05, 4.69) is 167 Å². The molecule has 230 valence electrons. The lowest BCUT2D eigenvalue weighted by molar-refractivity contribution is 1.02. The van der Waals surface area contributed by atoms with Gasteiger partial charge in [-0.05, 0) is 57.9 Å². The van der Waals surface area contributed by atoms with Crippen molar-refractivity contribution in [3.05, 3.63) is 158 Å². The van der Waals surface area contributed by atoms with Crippen LogP contribution in [0.2, 0.25) is 0 Å². The summed E-state index contributed by atoms with van der Waals surface area (Å²) in [5, 5.41) is 13.3. The minimum absolute atomic E-state index is 0.670. The van der Waals surface area contributed by atoms with Crippen molar-refractivity contribution in [1.29, 1.82) is 0 Å². The molecule has 0 spiro atoms. The van der Waals surface area contributed by atoms with Gasteiger partial charge in [-0.3, -0.25) is 4.57 Å². The molecule has 12 rings (SSSR count). The van der Waals surface area contributed by atoms with Gasteiger partial charge in [-0.15, -0.1) is 0 Å². The van der Waals surface area contributed by atoms with Crippen molar-refractivity contribution < 1.29 is 0 Å². The zero-order valence-electron chi connectivity index (χ0n) is 26.8. The van der Waals surface area contributed by atoms with Gasteiger partial charge in [0.15, 0.2) is 0 Å². The molecule has 0 aliphatic rings. The van der Waals surface area contributed by atoms with Crippen LogP contribution in [-0.2, 0) is 0 Å². The molecule has 0 saturated carbocycles. The van der Waals surface area contributed by atoms with Crippen LogP contribution in [0, 0.1) is 0 Å². The highest BCUT2D eigenvalue weighted by Gasteiger charge is 2.25. The van der Waals surface area contributed by atoms with Gasteiger partial charge >= 0.3 is 0 Å². The average molecular weight is 635 g/mol. The number of benzene rings is 8. The second-order valence-corrected chi connectivity index (χ2v) is 13.4. The van der Waals surface area contributed by atoms with Gasteiger partial charge < -0.3 is 4.40 Å². The minimum atomic E-state index is 0.670. The third-order valence-electron chi connectivity index (χ3n) is 10.8. The normalized spacial score (nSPS) is 12.4. The van der Waals surface area contributed by atoms with Gasteiger partial charge in [0.1, 0.15) is 0 Å². The Hall–Kier alpha value is -6.78. The summed E-state index contributed by atoms with van der Waals surface area (Å²) in [4.78, 5) is 11.0. The number of aromatic nitrogens is 4. The van der Waals surface area contributed by atoms with Crippen LogP contribution in [0.1, 0.15) is 0 Å². The monoisotopic (exact) mass is 634 g/mol. The first-order valence-electron chi connectivity index (χ1n) is 17.1. The largest absolute Gasteiger partial charge is 0.308 e. The Morgan fingerprint density at radius 1 is 0.380 bits per heavy atom. The predicted octanol–water partition coefficient (Wildman–Crippen LogP) is 11.9. The summed E-state index contributed by atoms with van der Waals surface area (Å²) in [6.45, 7) is 0. The zero-order valence-corrected chi connectivity index (χ0v) is 26.8. The zero-order chi connectivity index (χ0) is 32.5. The first-order chi connectivity index (χ1) is 24.8. The molecule has 0 amide bonds. The summed E-state index contributed by atoms with van der Waals surface area (Å²) in [6, 6.07) is 56.8. The first-order valence-corrected chi connectivity index (χ1v) is 17.1.